The predicted molar refractivity (Wildman–Crippen MR) is 109 cm³/mol. The first-order valence-electron chi connectivity index (χ1n) is 9.70. The molecule has 0 unspecified atom stereocenters. The number of nitrogens with one attached hydrogen (secondary N) is 1. The molecule has 2 aromatic rings. The Hall–Kier alpha value is -2.69. The lowest BCUT2D eigenvalue weighted by molar-refractivity contribution is -0.140. The molecule has 5 heteroatoms. The molecule has 0 saturated heterocycles. The van der Waals surface area contributed by atoms with E-state index in [4.69, 9.17) is 0 Å². The van der Waals surface area contributed by atoms with Gasteiger partial charge >= 0.3 is 0 Å². The molecule has 0 radical (unpaired) electrons. The molecule has 0 aliphatic carbocycles. The Bertz CT molecular complexity index is 787. The van der Waals surface area contributed by atoms with Gasteiger partial charge in [-0.3, -0.25) is 9.59 Å². The molecule has 0 aromatic heterocycles. The fourth-order valence-electron chi connectivity index (χ4n) is 2.82. The molecule has 4 nitrogen and oxygen atoms in total. The smallest absolute Gasteiger partial charge is 0.242 e. The van der Waals surface area contributed by atoms with Gasteiger partial charge in [-0.1, -0.05) is 48.9 Å². The van der Waals surface area contributed by atoms with Gasteiger partial charge in [-0.2, -0.15) is 0 Å². The van der Waals surface area contributed by atoms with Crippen molar-refractivity contribution in [2.75, 3.05) is 0 Å². The van der Waals surface area contributed by atoms with Gasteiger partial charge in [-0.25, -0.2) is 4.39 Å². The Morgan fingerprint density at radius 3 is 2.14 bits per heavy atom. The summed E-state index contributed by atoms with van der Waals surface area (Å²) in [7, 11) is 0. The van der Waals surface area contributed by atoms with Crippen LogP contribution in [0.5, 0.6) is 0 Å². The fraction of sp³-hybridized carbons (Fsp3) is 0.391. The van der Waals surface area contributed by atoms with Crippen LogP contribution in [0.2, 0.25) is 0 Å². The minimum absolute atomic E-state index is 0.0448. The highest BCUT2D eigenvalue weighted by Gasteiger charge is 2.26. The van der Waals surface area contributed by atoms with Crippen LogP contribution in [0.3, 0.4) is 0 Å². The number of halogens is 1. The summed E-state index contributed by atoms with van der Waals surface area (Å²) in [6.07, 6.45) is 0.938. The van der Waals surface area contributed by atoms with Gasteiger partial charge in [0, 0.05) is 12.6 Å². The monoisotopic (exact) mass is 384 g/mol. The van der Waals surface area contributed by atoms with Crippen LogP contribution in [0, 0.1) is 12.7 Å². The first kappa shape index (κ1) is 21.6. The first-order valence-corrected chi connectivity index (χ1v) is 9.70. The number of carbonyl (C=O) groups is 2. The van der Waals surface area contributed by atoms with Crippen LogP contribution >= 0.6 is 0 Å². The van der Waals surface area contributed by atoms with Crippen LogP contribution in [0.1, 0.15) is 43.9 Å². The van der Waals surface area contributed by atoms with Crippen molar-refractivity contribution >= 4 is 11.8 Å². The minimum atomic E-state index is -0.608. The van der Waals surface area contributed by atoms with Crippen molar-refractivity contribution in [3.05, 3.63) is 71.0 Å². The second kappa shape index (κ2) is 10.0. The number of nitrogens with zero attached hydrogens (tertiary/aromatic N) is 1. The topological polar surface area (TPSA) is 49.4 Å². The Labute approximate surface area is 166 Å². The molecule has 0 bridgehead atoms. The molecule has 150 valence electrons. The largest absolute Gasteiger partial charge is 0.352 e. The number of rotatable bonds is 8. The van der Waals surface area contributed by atoms with Crippen LogP contribution in [0.25, 0.3) is 0 Å². The normalized spacial score (nSPS) is 12.9. The summed E-state index contributed by atoms with van der Waals surface area (Å²) in [6, 6.07) is 13.2. The summed E-state index contributed by atoms with van der Waals surface area (Å²) in [5.41, 5.74) is 2.81. The zero-order chi connectivity index (χ0) is 20.7. The number of hydrogen-bond acceptors (Lipinski definition) is 2. The van der Waals surface area contributed by atoms with E-state index in [1.807, 2.05) is 45.0 Å². The molecule has 0 heterocycles. The van der Waals surface area contributed by atoms with Crippen molar-refractivity contribution in [1.82, 2.24) is 10.2 Å². The number of carbonyl (C=O) groups excluding carboxylic acids is 2. The second-order valence-corrected chi connectivity index (χ2v) is 7.30. The molecule has 2 amide bonds. The molecule has 2 aromatic carbocycles. The fourth-order valence-corrected chi connectivity index (χ4v) is 2.82. The van der Waals surface area contributed by atoms with Gasteiger partial charge in [0.25, 0.3) is 0 Å². The maximum atomic E-state index is 13.1. The molecule has 2 rings (SSSR count). The van der Waals surface area contributed by atoms with Gasteiger partial charge in [0.1, 0.15) is 11.9 Å². The van der Waals surface area contributed by atoms with E-state index < -0.39 is 6.04 Å². The third-order valence-electron chi connectivity index (χ3n) is 4.91. The number of amides is 2. The Morgan fingerprint density at radius 1 is 1.00 bits per heavy atom. The molecule has 0 spiro atoms. The van der Waals surface area contributed by atoms with Crippen molar-refractivity contribution in [2.45, 2.75) is 59.2 Å². The summed E-state index contributed by atoms with van der Waals surface area (Å²) < 4.78 is 13.1. The Balaban J connectivity index is 2.20. The van der Waals surface area contributed by atoms with Gasteiger partial charge in [-0.05, 0) is 50.5 Å². The molecule has 28 heavy (non-hydrogen) atoms. The minimum Gasteiger partial charge on any atom is -0.352 e. The van der Waals surface area contributed by atoms with E-state index >= 15 is 0 Å². The highest BCUT2D eigenvalue weighted by Crippen LogP contribution is 2.14. The lowest BCUT2D eigenvalue weighted by Crippen LogP contribution is -2.49. The van der Waals surface area contributed by atoms with Crippen LogP contribution in [0.4, 0.5) is 4.39 Å². The lowest BCUT2D eigenvalue weighted by Gasteiger charge is -2.30. The summed E-state index contributed by atoms with van der Waals surface area (Å²) in [4.78, 5) is 27.3. The van der Waals surface area contributed by atoms with Gasteiger partial charge in [0.05, 0.1) is 6.42 Å². The van der Waals surface area contributed by atoms with Gasteiger partial charge < -0.3 is 10.2 Å². The Morgan fingerprint density at radius 2 is 1.57 bits per heavy atom. The van der Waals surface area contributed by atoms with E-state index in [0.29, 0.717) is 6.54 Å². The third kappa shape index (κ3) is 6.19. The highest BCUT2D eigenvalue weighted by atomic mass is 19.1. The second-order valence-electron chi connectivity index (χ2n) is 7.30. The summed E-state index contributed by atoms with van der Waals surface area (Å²) in [5.74, 6) is -0.679. The van der Waals surface area contributed by atoms with E-state index in [-0.39, 0.29) is 30.1 Å². The summed E-state index contributed by atoms with van der Waals surface area (Å²) >= 11 is 0. The van der Waals surface area contributed by atoms with Crippen LogP contribution in [-0.4, -0.2) is 28.8 Å². The van der Waals surface area contributed by atoms with E-state index in [2.05, 4.69) is 5.32 Å². The van der Waals surface area contributed by atoms with Crippen molar-refractivity contribution in [1.29, 1.82) is 0 Å². The SMILES string of the molecule is CC[C@@H](C)NC(=O)[C@H](C)N(Cc1ccc(C)cc1)C(=O)Cc1ccc(F)cc1. The molecule has 2 atom stereocenters. The standard InChI is InChI=1S/C23H29FN2O2/c1-5-17(3)25-23(28)18(4)26(15-20-8-6-16(2)7-9-20)22(27)14-19-10-12-21(24)13-11-19/h6-13,17-18H,5,14-15H2,1-4H3,(H,25,28)/t17-,18+/m1/s1. The number of aryl methyl sites for hydroxylation is 1. The number of benzene rings is 2. The zero-order valence-corrected chi connectivity index (χ0v) is 17.0. The van der Waals surface area contributed by atoms with Gasteiger partial charge in [0.2, 0.25) is 11.8 Å². The van der Waals surface area contributed by atoms with Crippen LogP contribution < -0.4 is 5.32 Å². The van der Waals surface area contributed by atoms with Crippen molar-refractivity contribution in [3.63, 3.8) is 0 Å². The number of hydrogen-bond donors (Lipinski definition) is 1. The van der Waals surface area contributed by atoms with E-state index in [1.54, 1.807) is 24.0 Å². The van der Waals surface area contributed by atoms with E-state index in [1.165, 1.54) is 12.1 Å². The molecular weight excluding hydrogens is 355 g/mol. The molecule has 0 aliphatic heterocycles. The predicted octanol–water partition coefficient (Wildman–Crippen LogP) is 4.01. The molecular formula is C23H29FN2O2. The quantitative estimate of drug-likeness (QED) is 0.748. The maximum Gasteiger partial charge on any atom is 0.242 e. The average Bonchev–Trinajstić information content (AvgIpc) is 2.68. The lowest BCUT2D eigenvalue weighted by atomic mass is 10.1. The van der Waals surface area contributed by atoms with E-state index in [0.717, 1.165) is 23.1 Å². The van der Waals surface area contributed by atoms with Crippen molar-refractivity contribution < 1.29 is 14.0 Å². The average molecular weight is 384 g/mol. The summed E-state index contributed by atoms with van der Waals surface area (Å²) in [6.45, 7) is 8.03. The Kier molecular flexibility index (Phi) is 7.73. The summed E-state index contributed by atoms with van der Waals surface area (Å²) in [5, 5.41) is 2.95. The third-order valence-corrected chi connectivity index (χ3v) is 4.91. The maximum absolute atomic E-state index is 13.1. The molecule has 0 aliphatic rings. The molecule has 0 saturated carbocycles. The van der Waals surface area contributed by atoms with Crippen LogP contribution in [0.15, 0.2) is 48.5 Å². The van der Waals surface area contributed by atoms with Crippen molar-refractivity contribution in [2.24, 2.45) is 0 Å². The van der Waals surface area contributed by atoms with Crippen molar-refractivity contribution in [3.8, 4) is 0 Å². The highest BCUT2D eigenvalue weighted by molar-refractivity contribution is 5.88. The van der Waals surface area contributed by atoms with Crippen LogP contribution in [-0.2, 0) is 22.6 Å². The van der Waals surface area contributed by atoms with E-state index in [9.17, 15) is 14.0 Å². The first-order chi connectivity index (χ1) is 13.3. The zero-order valence-electron chi connectivity index (χ0n) is 17.0. The molecule has 0 fully saturated rings. The van der Waals surface area contributed by atoms with Gasteiger partial charge in [0.15, 0.2) is 0 Å². The van der Waals surface area contributed by atoms with Gasteiger partial charge in [-0.15, -0.1) is 0 Å². The molecule has 1 N–H and O–H groups in total.